The molecule has 0 saturated carbocycles. The normalized spacial score (nSPS) is 14.9. The molecule has 1 aromatic carbocycles. The highest BCUT2D eigenvalue weighted by molar-refractivity contribution is 7.80. The van der Waals surface area contributed by atoms with Crippen LogP contribution in [-0.2, 0) is 59.2 Å². The van der Waals surface area contributed by atoms with Crippen molar-refractivity contribution in [3.63, 3.8) is 0 Å². The lowest BCUT2D eigenvalue weighted by molar-refractivity contribution is -0.143. The summed E-state index contributed by atoms with van der Waals surface area (Å²) >= 11 is 4.03. The second kappa shape index (κ2) is 35.2. The Morgan fingerprint density at radius 1 is 0.618 bits per heavy atom. The third-order valence-corrected chi connectivity index (χ3v) is 12.0. The number of amides is 10. The van der Waals surface area contributed by atoms with Crippen molar-refractivity contribution in [1.29, 1.82) is 0 Å². The summed E-state index contributed by atoms with van der Waals surface area (Å²) in [6, 6.07) is -3.85. The number of carbonyl (C=O) groups is 11. The van der Waals surface area contributed by atoms with Crippen molar-refractivity contribution in [3.05, 3.63) is 35.9 Å². The van der Waals surface area contributed by atoms with E-state index in [2.05, 4.69) is 65.5 Å². The van der Waals surface area contributed by atoms with Gasteiger partial charge in [-0.05, 0) is 63.0 Å². The van der Waals surface area contributed by atoms with E-state index in [1.54, 1.807) is 58.0 Å². The number of carboxylic acid groups (broad SMARTS) is 1. The zero-order chi connectivity index (χ0) is 57.7. The summed E-state index contributed by atoms with van der Waals surface area (Å²) in [7, 11) is 0. The minimum absolute atomic E-state index is 0.0472. The van der Waals surface area contributed by atoms with Crippen molar-refractivity contribution in [2.75, 3.05) is 32.0 Å². The number of rotatable bonds is 36. The number of aliphatic hydroxyl groups excluding tert-OH is 1. The van der Waals surface area contributed by atoms with Gasteiger partial charge in [0.1, 0.15) is 48.3 Å². The number of carboxylic acids is 1. The van der Waals surface area contributed by atoms with Gasteiger partial charge in [0.15, 0.2) is 5.96 Å². The predicted octanol–water partition coefficient (Wildman–Crippen LogP) is -5.66. The summed E-state index contributed by atoms with van der Waals surface area (Å²) < 4.78 is 0. The molecule has 0 saturated heterocycles. The van der Waals surface area contributed by atoms with Crippen LogP contribution in [0.2, 0.25) is 0 Å². The molecule has 0 fully saturated rings. The van der Waals surface area contributed by atoms with Gasteiger partial charge in [-0.15, -0.1) is 0 Å². The van der Waals surface area contributed by atoms with Gasteiger partial charge in [0.2, 0.25) is 59.1 Å². The molecule has 29 heteroatoms. The molecule has 0 spiro atoms. The first-order valence-corrected chi connectivity index (χ1v) is 25.4. The molecule has 0 aliphatic rings. The maximum atomic E-state index is 14.0. The topological polar surface area (TPSA) is 479 Å². The van der Waals surface area contributed by atoms with Gasteiger partial charge in [-0.25, -0.2) is 4.79 Å². The number of primary amides is 1. The predicted molar refractivity (Wildman–Crippen MR) is 282 cm³/mol. The highest BCUT2D eigenvalue weighted by atomic mass is 32.1. The Bertz CT molecular complexity index is 2150. The molecule has 0 radical (unpaired) electrons. The minimum Gasteiger partial charge on any atom is -0.480 e. The Labute approximate surface area is 446 Å². The molecule has 0 aliphatic carbocycles. The maximum absolute atomic E-state index is 14.0. The zero-order valence-corrected chi connectivity index (χ0v) is 44.5. The average molecular weight is 1090 g/mol. The molecule has 1 aromatic rings. The smallest absolute Gasteiger partial charge is 0.326 e. The van der Waals surface area contributed by atoms with Gasteiger partial charge in [-0.1, -0.05) is 64.4 Å². The molecule has 28 nitrogen and oxygen atoms in total. The molecule has 0 aliphatic heterocycles. The van der Waals surface area contributed by atoms with Gasteiger partial charge < -0.3 is 86.7 Å². The first kappa shape index (κ1) is 66.9. The van der Waals surface area contributed by atoms with E-state index in [-0.39, 0.29) is 56.9 Å². The molecular weight excluding hydrogens is 1010 g/mol. The molecule has 0 heterocycles. The summed E-state index contributed by atoms with van der Waals surface area (Å²) in [5.41, 5.74) is 28.2. The highest BCUT2D eigenvalue weighted by Gasteiger charge is 2.35. The number of aliphatic hydroxyl groups is 1. The van der Waals surface area contributed by atoms with Gasteiger partial charge in [0.25, 0.3) is 0 Å². The first-order chi connectivity index (χ1) is 35.8. The zero-order valence-electron chi connectivity index (χ0n) is 43.6. The molecular formula is C47H79N15O13S. The van der Waals surface area contributed by atoms with Crippen LogP contribution in [-0.4, -0.2) is 168 Å². The molecule has 21 N–H and O–H groups in total. The summed E-state index contributed by atoms with van der Waals surface area (Å²) in [6.07, 6.45) is 0.143. The van der Waals surface area contributed by atoms with E-state index >= 15 is 0 Å². The summed E-state index contributed by atoms with van der Waals surface area (Å²) in [4.78, 5) is 149. The number of carbonyl (C=O) groups excluding carboxylic acids is 10. The Kier molecular flexibility index (Phi) is 31.0. The van der Waals surface area contributed by atoms with Gasteiger partial charge in [0, 0.05) is 18.7 Å². The van der Waals surface area contributed by atoms with E-state index in [1.165, 1.54) is 6.92 Å². The largest absolute Gasteiger partial charge is 0.480 e. The Balaban J connectivity index is 3.36. The van der Waals surface area contributed by atoms with Gasteiger partial charge in [0.05, 0.1) is 25.6 Å². The fourth-order valence-electron chi connectivity index (χ4n) is 7.03. The molecule has 0 bridgehead atoms. The van der Waals surface area contributed by atoms with Crippen molar-refractivity contribution in [2.45, 2.75) is 140 Å². The van der Waals surface area contributed by atoms with E-state index in [0.29, 0.717) is 18.4 Å². The maximum Gasteiger partial charge on any atom is 0.326 e. The van der Waals surface area contributed by atoms with Crippen molar-refractivity contribution in [2.24, 2.45) is 45.5 Å². The van der Waals surface area contributed by atoms with E-state index in [4.69, 9.17) is 28.7 Å². The number of aliphatic imine (C=N–C) groups is 1. The molecule has 0 unspecified atom stereocenters. The number of nitrogens with zero attached hydrogens (tertiary/aromatic N) is 1. The SMILES string of the molecule is CC[C@H](C)[C@H](NC(=O)[C@H](CCCCN)NC(=O)[C@H](CC(N)=O)NC(=O)[C@H](CO)NC(=O)[C@H](CS)NC(=O)[C@H](C)N)C(=O)NCC(=O)N[C@@H](CCCN=C(N)N)C(=O)N[C@@H](Cc1ccccc1)C(=O)N[C@H](C(=O)O)C(C)C. The molecule has 426 valence electrons. The number of nitrogens with two attached hydrogens (primary N) is 5. The van der Waals surface area contributed by atoms with Crippen LogP contribution in [0.3, 0.4) is 0 Å². The Morgan fingerprint density at radius 2 is 1.12 bits per heavy atom. The lowest BCUT2D eigenvalue weighted by Gasteiger charge is -2.28. The summed E-state index contributed by atoms with van der Waals surface area (Å²) in [6.45, 7) is 6.44. The lowest BCUT2D eigenvalue weighted by atomic mass is 9.97. The van der Waals surface area contributed by atoms with E-state index in [9.17, 15) is 63.0 Å². The van der Waals surface area contributed by atoms with Crippen LogP contribution in [0.15, 0.2) is 35.3 Å². The second-order valence-electron chi connectivity index (χ2n) is 18.3. The Hall–Kier alpha value is -7.11. The number of aliphatic carboxylic acids is 1. The van der Waals surface area contributed by atoms with Crippen molar-refractivity contribution in [3.8, 4) is 0 Å². The standard InChI is InChI=1S/C47H79N15O13S/c1-6-25(4)37(62-40(68)29(15-10-11-17-48)56-41(69)31(20-34(50)64)58-43(71)32(22-63)59-44(72)33(23-76)60-38(66)26(5)49)45(73)54-21-35(65)55-28(16-12-18-53-47(51)52)39(67)57-30(19-27-13-8-7-9-14-27)42(70)61-36(24(2)3)46(74)75/h7-9,13-14,24-26,28-33,36-37,63,76H,6,10-12,15-23,48-49H2,1-5H3,(H2,50,64)(H,54,73)(H,55,65)(H,56,69)(H,57,67)(H,58,71)(H,59,72)(H,60,66)(H,61,70)(H,62,68)(H,74,75)(H4,51,52,53)/t25-,26-,28-,29-,30-,31-,32-,33-,36-,37-/m0/s1. The average Bonchev–Trinajstić information content (AvgIpc) is 3.36. The van der Waals surface area contributed by atoms with Gasteiger partial charge in [-0.3, -0.25) is 52.9 Å². The number of guanidine groups is 1. The van der Waals surface area contributed by atoms with Crippen molar-refractivity contribution in [1.82, 2.24) is 47.9 Å². The van der Waals surface area contributed by atoms with Crippen molar-refractivity contribution >= 4 is 83.6 Å². The summed E-state index contributed by atoms with van der Waals surface area (Å²) in [5, 5.41) is 41.7. The van der Waals surface area contributed by atoms with Crippen LogP contribution in [0.5, 0.6) is 0 Å². The van der Waals surface area contributed by atoms with Crippen LogP contribution in [0.1, 0.15) is 85.1 Å². The highest BCUT2D eigenvalue weighted by Crippen LogP contribution is 2.12. The molecule has 0 aromatic heterocycles. The Morgan fingerprint density at radius 3 is 1.66 bits per heavy atom. The molecule has 1 rings (SSSR count). The number of nitrogens with one attached hydrogen (secondary N) is 9. The third-order valence-electron chi connectivity index (χ3n) is 11.6. The number of benzene rings is 1. The van der Waals surface area contributed by atoms with Crippen LogP contribution in [0.4, 0.5) is 0 Å². The van der Waals surface area contributed by atoms with Gasteiger partial charge >= 0.3 is 5.97 Å². The van der Waals surface area contributed by atoms with Crippen LogP contribution < -0.4 is 76.5 Å². The number of hydrogen-bond acceptors (Lipinski definition) is 16. The summed E-state index contributed by atoms with van der Waals surface area (Å²) in [5.74, 6) is -12.0. The minimum atomic E-state index is -1.76. The molecule has 10 atom stereocenters. The van der Waals surface area contributed by atoms with E-state index in [0.717, 1.165) is 0 Å². The second-order valence-corrected chi connectivity index (χ2v) is 18.7. The number of unbranched alkanes of at least 4 members (excludes halogenated alkanes) is 1. The van der Waals surface area contributed by atoms with Crippen LogP contribution in [0, 0.1) is 11.8 Å². The monoisotopic (exact) mass is 1090 g/mol. The van der Waals surface area contributed by atoms with Crippen LogP contribution in [0.25, 0.3) is 0 Å². The number of thiol groups is 1. The first-order valence-electron chi connectivity index (χ1n) is 24.8. The number of hydrogen-bond donors (Lipinski definition) is 17. The molecule has 10 amide bonds. The fourth-order valence-corrected chi connectivity index (χ4v) is 7.29. The molecule has 76 heavy (non-hydrogen) atoms. The fraction of sp³-hybridized carbons (Fsp3) is 0.617. The lowest BCUT2D eigenvalue weighted by Crippen LogP contribution is -2.61. The van der Waals surface area contributed by atoms with Crippen molar-refractivity contribution < 1.29 is 63.0 Å². The van der Waals surface area contributed by atoms with E-state index in [1.807, 2.05) is 0 Å². The third kappa shape index (κ3) is 24.9. The quantitative estimate of drug-likeness (QED) is 0.0129. The van der Waals surface area contributed by atoms with Gasteiger partial charge in [-0.2, -0.15) is 12.6 Å². The van der Waals surface area contributed by atoms with E-state index < -0.39 is 151 Å². The van der Waals surface area contributed by atoms with Crippen LogP contribution >= 0.6 is 12.6 Å².